The van der Waals surface area contributed by atoms with E-state index in [0.29, 0.717) is 17.7 Å². The molecule has 1 aromatic carbocycles. The molecule has 2 aromatic heterocycles. The molecule has 0 unspecified atom stereocenters. The van der Waals surface area contributed by atoms with Crippen molar-refractivity contribution in [2.75, 3.05) is 12.4 Å². The molecule has 0 aliphatic carbocycles. The third-order valence-electron chi connectivity index (χ3n) is 3.18. The van der Waals surface area contributed by atoms with E-state index in [-0.39, 0.29) is 0 Å². The van der Waals surface area contributed by atoms with Gasteiger partial charge in [0.1, 0.15) is 6.33 Å². The summed E-state index contributed by atoms with van der Waals surface area (Å²) in [6.45, 7) is 2.13. The molecule has 21 heavy (non-hydrogen) atoms. The smallest absolute Gasteiger partial charge is 0.240 e. The van der Waals surface area contributed by atoms with Crippen LogP contribution in [0.25, 0.3) is 17.3 Å². The number of aromatic nitrogens is 5. The molecule has 0 aliphatic heterocycles. The monoisotopic (exact) mass is 280 g/mol. The first-order chi connectivity index (χ1) is 10.3. The lowest BCUT2D eigenvalue weighted by Gasteiger charge is -2.08. The van der Waals surface area contributed by atoms with Crippen molar-refractivity contribution in [1.29, 1.82) is 0 Å². The predicted octanol–water partition coefficient (Wildman–Crippen LogP) is 2.33. The van der Waals surface area contributed by atoms with Gasteiger partial charge in [0.2, 0.25) is 11.9 Å². The van der Waals surface area contributed by atoms with Crippen LogP contribution < -0.4 is 5.32 Å². The van der Waals surface area contributed by atoms with E-state index in [9.17, 15) is 0 Å². The topological polar surface area (TPSA) is 68.5 Å². The Morgan fingerprint density at radius 1 is 1.19 bits per heavy atom. The van der Waals surface area contributed by atoms with Crippen molar-refractivity contribution in [2.45, 2.75) is 13.3 Å². The van der Waals surface area contributed by atoms with Crippen molar-refractivity contribution in [3.05, 3.63) is 48.5 Å². The second kappa shape index (κ2) is 5.70. The average Bonchev–Trinajstić information content (AvgIpc) is 3.09. The summed E-state index contributed by atoms with van der Waals surface area (Å²) in [5.41, 5.74) is 2.23. The van der Waals surface area contributed by atoms with Crippen molar-refractivity contribution < 1.29 is 0 Å². The summed E-state index contributed by atoms with van der Waals surface area (Å²) in [6, 6.07) is 8.23. The fourth-order valence-electron chi connectivity index (χ4n) is 2.03. The van der Waals surface area contributed by atoms with Crippen molar-refractivity contribution >= 4 is 5.95 Å². The van der Waals surface area contributed by atoms with Crippen LogP contribution >= 0.6 is 0 Å². The van der Waals surface area contributed by atoms with Crippen LogP contribution in [0.2, 0.25) is 0 Å². The lowest BCUT2D eigenvalue weighted by Crippen LogP contribution is -2.06. The SMILES string of the molecule is CCc1cccc(-c2nc(NC)nc(-n3ccnc3)n2)c1. The first kappa shape index (κ1) is 13.2. The van der Waals surface area contributed by atoms with Gasteiger partial charge in [-0.1, -0.05) is 25.1 Å². The van der Waals surface area contributed by atoms with Gasteiger partial charge in [-0.05, 0) is 18.1 Å². The van der Waals surface area contributed by atoms with Crippen molar-refractivity contribution in [3.63, 3.8) is 0 Å². The van der Waals surface area contributed by atoms with E-state index in [2.05, 4.69) is 44.3 Å². The van der Waals surface area contributed by atoms with Gasteiger partial charge in [0.15, 0.2) is 5.82 Å². The van der Waals surface area contributed by atoms with Crippen LogP contribution in [0.3, 0.4) is 0 Å². The van der Waals surface area contributed by atoms with Crippen LogP contribution in [-0.4, -0.2) is 31.6 Å². The zero-order chi connectivity index (χ0) is 14.7. The molecule has 0 bridgehead atoms. The molecule has 106 valence electrons. The fourth-order valence-corrected chi connectivity index (χ4v) is 2.03. The van der Waals surface area contributed by atoms with Crippen LogP contribution in [0.5, 0.6) is 0 Å². The van der Waals surface area contributed by atoms with Gasteiger partial charge in [-0.25, -0.2) is 4.98 Å². The number of imidazole rings is 1. The maximum Gasteiger partial charge on any atom is 0.240 e. The maximum absolute atomic E-state index is 4.53. The number of nitrogens with zero attached hydrogens (tertiary/aromatic N) is 5. The predicted molar refractivity (Wildman–Crippen MR) is 81.3 cm³/mol. The third kappa shape index (κ3) is 2.74. The minimum Gasteiger partial charge on any atom is -0.357 e. The number of hydrogen-bond acceptors (Lipinski definition) is 5. The number of rotatable bonds is 4. The summed E-state index contributed by atoms with van der Waals surface area (Å²) < 4.78 is 1.76. The quantitative estimate of drug-likeness (QED) is 0.794. The lowest BCUT2D eigenvalue weighted by atomic mass is 10.1. The maximum atomic E-state index is 4.53. The molecule has 1 N–H and O–H groups in total. The van der Waals surface area contributed by atoms with Gasteiger partial charge in [0, 0.05) is 25.0 Å². The Morgan fingerprint density at radius 3 is 2.81 bits per heavy atom. The number of nitrogens with one attached hydrogen (secondary N) is 1. The van der Waals surface area contributed by atoms with Crippen molar-refractivity contribution in [1.82, 2.24) is 24.5 Å². The molecule has 2 heterocycles. The summed E-state index contributed by atoms with van der Waals surface area (Å²) in [5, 5.41) is 2.97. The van der Waals surface area contributed by atoms with Crippen LogP contribution in [0, 0.1) is 0 Å². The fraction of sp³-hybridized carbons (Fsp3) is 0.200. The highest BCUT2D eigenvalue weighted by molar-refractivity contribution is 5.58. The van der Waals surface area contributed by atoms with Crippen LogP contribution in [-0.2, 0) is 6.42 Å². The Balaban J connectivity index is 2.11. The highest BCUT2D eigenvalue weighted by Crippen LogP contribution is 2.19. The van der Waals surface area contributed by atoms with E-state index < -0.39 is 0 Å². The molecular weight excluding hydrogens is 264 g/mol. The lowest BCUT2D eigenvalue weighted by molar-refractivity contribution is 0.901. The van der Waals surface area contributed by atoms with Gasteiger partial charge in [-0.2, -0.15) is 15.0 Å². The summed E-state index contributed by atoms with van der Waals surface area (Å²) in [6.07, 6.45) is 6.15. The number of hydrogen-bond donors (Lipinski definition) is 1. The minimum atomic E-state index is 0.533. The van der Waals surface area contributed by atoms with E-state index in [1.807, 2.05) is 12.1 Å². The van der Waals surface area contributed by atoms with E-state index >= 15 is 0 Å². The molecule has 0 amide bonds. The zero-order valence-electron chi connectivity index (χ0n) is 12.0. The highest BCUT2D eigenvalue weighted by Gasteiger charge is 2.09. The van der Waals surface area contributed by atoms with E-state index in [0.717, 1.165) is 12.0 Å². The molecule has 0 saturated heterocycles. The van der Waals surface area contributed by atoms with Gasteiger partial charge in [-0.15, -0.1) is 0 Å². The number of benzene rings is 1. The molecule has 0 atom stereocenters. The van der Waals surface area contributed by atoms with E-state index in [1.54, 1.807) is 30.3 Å². The third-order valence-corrected chi connectivity index (χ3v) is 3.18. The van der Waals surface area contributed by atoms with Crippen LogP contribution in [0.15, 0.2) is 43.0 Å². The van der Waals surface area contributed by atoms with Crippen LogP contribution in [0.1, 0.15) is 12.5 Å². The van der Waals surface area contributed by atoms with Gasteiger partial charge in [0.25, 0.3) is 0 Å². The molecular formula is C15H16N6. The molecule has 0 aliphatic rings. The van der Waals surface area contributed by atoms with E-state index in [1.165, 1.54) is 5.56 Å². The molecule has 0 spiro atoms. The van der Waals surface area contributed by atoms with Gasteiger partial charge in [0.05, 0.1) is 0 Å². The van der Waals surface area contributed by atoms with E-state index in [4.69, 9.17) is 0 Å². The number of aryl methyl sites for hydroxylation is 1. The Bertz CT molecular complexity index is 736. The summed E-state index contributed by atoms with van der Waals surface area (Å²) in [7, 11) is 1.79. The molecule has 6 nitrogen and oxygen atoms in total. The van der Waals surface area contributed by atoms with Gasteiger partial charge < -0.3 is 5.32 Å². The van der Waals surface area contributed by atoms with Crippen molar-refractivity contribution in [3.8, 4) is 17.3 Å². The van der Waals surface area contributed by atoms with Crippen LogP contribution in [0.4, 0.5) is 5.95 Å². The second-order valence-corrected chi connectivity index (χ2v) is 4.56. The number of anilines is 1. The molecule has 3 aromatic rings. The Labute approximate surface area is 122 Å². The first-order valence-corrected chi connectivity index (χ1v) is 6.81. The molecule has 3 rings (SSSR count). The molecule has 0 fully saturated rings. The minimum absolute atomic E-state index is 0.533. The highest BCUT2D eigenvalue weighted by atomic mass is 15.2. The molecule has 6 heteroatoms. The average molecular weight is 280 g/mol. The van der Waals surface area contributed by atoms with Gasteiger partial charge >= 0.3 is 0 Å². The summed E-state index contributed by atoms with van der Waals surface area (Å²) in [4.78, 5) is 17.3. The summed E-state index contributed by atoms with van der Waals surface area (Å²) >= 11 is 0. The first-order valence-electron chi connectivity index (χ1n) is 6.81. The molecule has 0 radical (unpaired) electrons. The standard InChI is InChI=1S/C15H16N6/c1-3-11-5-4-6-12(9-11)13-18-14(16-2)20-15(19-13)21-8-7-17-10-21/h4-10H,3H2,1-2H3,(H,16,18,19,20). The normalized spacial score (nSPS) is 10.6. The zero-order valence-corrected chi connectivity index (χ0v) is 12.0. The Morgan fingerprint density at radius 2 is 2.10 bits per heavy atom. The Kier molecular flexibility index (Phi) is 3.59. The summed E-state index contributed by atoms with van der Waals surface area (Å²) in [5.74, 6) is 1.72. The largest absolute Gasteiger partial charge is 0.357 e. The van der Waals surface area contributed by atoms with Crippen molar-refractivity contribution in [2.24, 2.45) is 0 Å². The molecule has 0 saturated carbocycles. The Hall–Kier alpha value is -2.76. The van der Waals surface area contributed by atoms with Gasteiger partial charge in [-0.3, -0.25) is 4.57 Å². The second-order valence-electron chi connectivity index (χ2n) is 4.56.